The summed E-state index contributed by atoms with van der Waals surface area (Å²) >= 11 is 0. The molecule has 0 radical (unpaired) electrons. The van der Waals surface area contributed by atoms with Crippen molar-refractivity contribution in [3.63, 3.8) is 0 Å². The van der Waals surface area contributed by atoms with E-state index in [0.29, 0.717) is 23.7 Å². The van der Waals surface area contributed by atoms with Crippen molar-refractivity contribution in [2.75, 3.05) is 13.7 Å². The molecule has 0 aliphatic carbocycles. The predicted molar refractivity (Wildman–Crippen MR) is 127 cm³/mol. The summed E-state index contributed by atoms with van der Waals surface area (Å²) in [6.07, 6.45) is 3.63. The number of rotatable bonds is 8. The van der Waals surface area contributed by atoms with E-state index in [4.69, 9.17) is 13.6 Å². The highest BCUT2D eigenvalue weighted by Crippen LogP contribution is 2.33. The van der Waals surface area contributed by atoms with E-state index in [0.717, 1.165) is 16.9 Å². The molecular weight excluding hydrogens is 449 g/mol. The van der Waals surface area contributed by atoms with Gasteiger partial charge in [0.05, 0.1) is 32.2 Å². The molecular formula is C27H24FN3O4. The Bertz CT molecular complexity index is 1280. The van der Waals surface area contributed by atoms with Gasteiger partial charge in [-0.3, -0.25) is 10.1 Å². The van der Waals surface area contributed by atoms with Gasteiger partial charge in [-0.05, 0) is 59.7 Å². The van der Waals surface area contributed by atoms with Gasteiger partial charge < -0.3 is 13.6 Å². The SMILES string of the molecule is COc1ccc(C(NCC(=O)N2N=C(c3ccco3)CC2c2ccco2)c2ccc(F)cc2)cc1. The fourth-order valence-corrected chi connectivity index (χ4v) is 4.18. The quantitative estimate of drug-likeness (QED) is 0.386. The number of hydrogen-bond acceptors (Lipinski definition) is 6. The minimum absolute atomic E-state index is 0.000214. The molecule has 2 unspecified atom stereocenters. The van der Waals surface area contributed by atoms with E-state index < -0.39 is 0 Å². The van der Waals surface area contributed by atoms with Gasteiger partial charge in [0.15, 0.2) is 0 Å². The second kappa shape index (κ2) is 9.99. The van der Waals surface area contributed by atoms with Crippen LogP contribution < -0.4 is 10.1 Å². The van der Waals surface area contributed by atoms with Crippen molar-refractivity contribution in [2.45, 2.75) is 18.5 Å². The molecule has 2 atom stereocenters. The van der Waals surface area contributed by atoms with Gasteiger partial charge in [0.2, 0.25) is 0 Å². The lowest BCUT2D eigenvalue weighted by molar-refractivity contribution is -0.132. The Labute approximate surface area is 201 Å². The third kappa shape index (κ3) is 4.88. The summed E-state index contributed by atoms with van der Waals surface area (Å²) in [4.78, 5) is 13.4. The zero-order chi connectivity index (χ0) is 24.2. The summed E-state index contributed by atoms with van der Waals surface area (Å²) < 4.78 is 29.9. The van der Waals surface area contributed by atoms with Crippen LogP contribution in [-0.4, -0.2) is 30.3 Å². The van der Waals surface area contributed by atoms with Crippen LogP contribution in [-0.2, 0) is 4.79 Å². The Kier molecular flexibility index (Phi) is 6.45. The summed E-state index contributed by atoms with van der Waals surface area (Å²) in [6.45, 7) is 0.000214. The van der Waals surface area contributed by atoms with Crippen LogP contribution >= 0.6 is 0 Å². The first-order valence-corrected chi connectivity index (χ1v) is 11.2. The number of halogens is 1. The number of amides is 1. The molecule has 8 heteroatoms. The predicted octanol–water partition coefficient (Wildman–Crippen LogP) is 5.08. The molecule has 4 aromatic rings. The van der Waals surface area contributed by atoms with Crippen molar-refractivity contribution >= 4 is 11.6 Å². The van der Waals surface area contributed by atoms with E-state index in [1.165, 1.54) is 17.1 Å². The van der Waals surface area contributed by atoms with Gasteiger partial charge >= 0.3 is 0 Å². The average molecular weight is 474 g/mol. The number of methoxy groups -OCH3 is 1. The van der Waals surface area contributed by atoms with Crippen LogP contribution in [0.15, 0.2) is 99.3 Å². The zero-order valence-electron chi connectivity index (χ0n) is 19.1. The number of carbonyl (C=O) groups is 1. The molecule has 5 rings (SSSR count). The number of nitrogens with zero attached hydrogens (tertiary/aromatic N) is 2. The van der Waals surface area contributed by atoms with E-state index in [2.05, 4.69) is 10.4 Å². The number of hydrogen-bond donors (Lipinski definition) is 1. The van der Waals surface area contributed by atoms with Crippen molar-refractivity contribution < 1.29 is 22.8 Å². The van der Waals surface area contributed by atoms with Gasteiger partial charge in [0, 0.05) is 6.42 Å². The number of carbonyl (C=O) groups excluding carboxylic acids is 1. The minimum Gasteiger partial charge on any atom is -0.497 e. The molecule has 2 aromatic carbocycles. The fraction of sp³-hybridized carbons (Fsp3) is 0.185. The highest BCUT2D eigenvalue weighted by molar-refractivity contribution is 6.01. The van der Waals surface area contributed by atoms with Crippen molar-refractivity contribution in [3.05, 3.63) is 114 Å². The highest BCUT2D eigenvalue weighted by atomic mass is 19.1. The Morgan fingerprint density at radius 3 is 2.37 bits per heavy atom. The molecule has 178 valence electrons. The minimum atomic E-state index is -0.371. The maximum absolute atomic E-state index is 13.6. The van der Waals surface area contributed by atoms with Gasteiger partial charge in [-0.15, -0.1) is 0 Å². The van der Waals surface area contributed by atoms with Crippen LogP contribution in [0.4, 0.5) is 4.39 Å². The maximum atomic E-state index is 13.6. The standard InChI is InChI=1S/C27H24FN3O4/c1-33-21-12-8-19(9-13-21)27(18-6-10-20(28)11-7-18)29-17-26(32)31-23(25-5-3-15-35-25)16-22(30-31)24-4-2-14-34-24/h2-15,23,27,29H,16-17H2,1H3. The molecule has 1 N–H and O–H groups in total. The molecule has 1 aliphatic heterocycles. The second-order valence-corrected chi connectivity index (χ2v) is 8.14. The van der Waals surface area contributed by atoms with Gasteiger partial charge in [0.1, 0.15) is 34.8 Å². The van der Waals surface area contributed by atoms with Crippen LogP contribution in [0.3, 0.4) is 0 Å². The van der Waals surface area contributed by atoms with Gasteiger partial charge in [-0.25, -0.2) is 9.40 Å². The number of nitrogens with one attached hydrogen (secondary N) is 1. The lowest BCUT2D eigenvalue weighted by Crippen LogP contribution is -2.37. The summed E-state index contributed by atoms with van der Waals surface area (Å²) in [5.41, 5.74) is 2.41. The van der Waals surface area contributed by atoms with E-state index in [-0.39, 0.29) is 30.4 Å². The smallest absolute Gasteiger partial charge is 0.257 e. The topological polar surface area (TPSA) is 80.2 Å². The molecule has 0 fully saturated rings. The first-order chi connectivity index (χ1) is 17.1. The third-order valence-corrected chi connectivity index (χ3v) is 5.95. The average Bonchev–Trinajstić information content (AvgIpc) is 3.67. The zero-order valence-corrected chi connectivity index (χ0v) is 19.1. The number of furan rings is 2. The summed E-state index contributed by atoms with van der Waals surface area (Å²) in [6, 6.07) is 20.3. The van der Waals surface area contributed by atoms with Gasteiger partial charge in [-0.2, -0.15) is 5.10 Å². The van der Waals surface area contributed by atoms with E-state index in [1.807, 2.05) is 36.4 Å². The molecule has 0 saturated carbocycles. The first kappa shape index (κ1) is 22.6. The van der Waals surface area contributed by atoms with E-state index in [9.17, 15) is 9.18 Å². The van der Waals surface area contributed by atoms with Crippen molar-refractivity contribution in [1.29, 1.82) is 0 Å². The number of ether oxygens (including phenoxy) is 1. The summed E-state index contributed by atoms with van der Waals surface area (Å²) in [5.74, 6) is 1.44. The molecule has 0 bridgehead atoms. The van der Waals surface area contributed by atoms with Crippen molar-refractivity contribution in [1.82, 2.24) is 10.3 Å². The fourth-order valence-electron chi connectivity index (χ4n) is 4.18. The lowest BCUT2D eigenvalue weighted by Gasteiger charge is -2.23. The van der Waals surface area contributed by atoms with Crippen LogP contribution in [0.5, 0.6) is 5.75 Å². The monoisotopic (exact) mass is 473 g/mol. The van der Waals surface area contributed by atoms with E-state index in [1.54, 1.807) is 43.9 Å². The van der Waals surface area contributed by atoms with Crippen LogP contribution in [0.1, 0.15) is 41.2 Å². The summed E-state index contributed by atoms with van der Waals surface area (Å²) in [5, 5.41) is 9.33. The maximum Gasteiger partial charge on any atom is 0.257 e. The molecule has 1 aliphatic rings. The molecule has 7 nitrogen and oxygen atoms in total. The van der Waals surface area contributed by atoms with E-state index >= 15 is 0 Å². The largest absolute Gasteiger partial charge is 0.497 e. The summed E-state index contributed by atoms with van der Waals surface area (Å²) in [7, 11) is 1.60. The lowest BCUT2D eigenvalue weighted by atomic mass is 9.98. The third-order valence-electron chi connectivity index (χ3n) is 5.95. The number of benzene rings is 2. The Morgan fingerprint density at radius 1 is 1.06 bits per heavy atom. The molecule has 0 spiro atoms. The molecule has 35 heavy (non-hydrogen) atoms. The first-order valence-electron chi connectivity index (χ1n) is 11.2. The van der Waals surface area contributed by atoms with Crippen LogP contribution in [0, 0.1) is 5.82 Å². The number of hydrazone groups is 1. The molecule has 2 aromatic heterocycles. The van der Waals surface area contributed by atoms with Crippen molar-refractivity contribution in [2.24, 2.45) is 5.10 Å². The Hall–Kier alpha value is -4.17. The van der Waals surface area contributed by atoms with Crippen LogP contribution in [0.25, 0.3) is 0 Å². The Balaban J connectivity index is 1.39. The molecule has 1 amide bonds. The second-order valence-electron chi connectivity index (χ2n) is 8.14. The Morgan fingerprint density at radius 2 is 1.74 bits per heavy atom. The molecule has 3 heterocycles. The molecule has 0 saturated heterocycles. The van der Waals surface area contributed by atoms with Gasteiger partial charge in [-0.1, -0.05) is 24.3 Å². The highest BCUT2D eigenvalue weighted by Gasteiger charge is 2.35. The van der Waals surface area contributed by atoms with Crippen LogP contribution in [0.2, 0.25) is 0 Å². The normalized spacial score (nSPS) is 16.2. The van der Waals surface area contributed by atoms with Gasteiger partial charge in [0.25, 0.3) is 5.91 Å². The van der Waals surface area contributed by atoms with Crippen molar-refractivity contribution in [3.8, 4) is 5.75 Å².